The number of halogens is 1. The topological polar surface area (TPSA) is 142 Å². The molecule has 5 N–H and O–H groups in total. The minimum Gasteiger partial charge on any atom is -0.476 e. The van der Waals surface area contributed by atoms with Crippen molar-refractivity contribution in [1.82, 2.24) is 9.36 Å². The normalized spacial score (nSPS) is 10.6. The fourth-order valence-electron chi connectivity index (χ4n) is 0.596. The van der Waals surface area contributed by atoms with Crippen molar-refractivity contribution in [2.24, 2.45) is 5.16 Å². The number of carboxylic acid groups (broad SMARTS) is 1. The number of rotatable bonds is 4. The first-order chi connectivity index (χ1) is 6.65. The van der Waals surface area contributed by atoms with E-state index >= 15 is 0 Å². The summed E-state index contributed by atoms with van der Waals surface area (Å²) in [5.74, 6) is -1.62. The van der Waals surface area contributed by atoms with Crippen molar-refractivity contribution in [2.75, 3.05) is 12.6 Å². The Labute approximate surface area is 86.7 Å². The SMILES string of the molecule is Nc1nc(C(=NOCF)C(=O)O)ns1.O. The van der Waals surface area contributed by atoms with Gasteiger partial charge < -0.3 is 21.2 Å². The summed E-state index contributed by atoms with van der Waals surface area (Å²) in [6.07, 6.45) is 0. The quantitative estimate of drug-likeness (QED) is 0.510. The summed E-state index contributed by atoms with van der Waals surface area (Å²) < 4.78 is 15.1. The van der Waals surface area contributed by atoms with Gasteiger partial charge in [0, 0.05) is 11.5 Å². The van der Waals surface area contributed by atoms with Gasteiger partial charge >= 0.3 is 5.97 Å². The molecule has 0 aliphatic heterocycles. The van der Waals surface area contributed by atoms with Gasteiger partial charge in [-0.2, -0.15) is 9.36 Å². The molecule has 0 unspecified atom stereocenters. The summed E-state index contributed by atoms with van der Waals surface area (Å²) in [7, 11) is 0. The van der Waals surface area contributed by atoms with Crippen LogP contribution in [0.4, 0.5) is 9.52 Å². The minimum atomic E-state index is -1.42. The van der Waals surface area contributed by atoms with Crippen molar-refractivity contribution in [2.45, 2.75) is 0 Å². The highest BCUT2D eigenvalue weighted by Crippen LogP contribution is 2.07. The van der Waals surface area contributed by atoms with E-state index in [9.17, 15) is 9.18 Å². The van der Waals surface area contributed by atoms with E-state index in [-0.39, 0.29) is 16.4 Å². The van der Waals surface area contributed by atoms with Gasteiger partial charge in [-0.05, 0) is 0 Å². The van der Waals surface area contributed by atoms with E-state index in [1.54, 1.807) is 0 Å². The Morgan fingerprint density at radius 2 is 2.40 bits per heavy atom. The molecular weight excluding hydrogens is 231 g/mol. The summed E-state index contributed by atoms with van der Waals surface area (Å²) in [4.78, 5) is 18.1. The van der Waals surface area contributed by atoms with Gasteiger partial charge in [0.1, 0.15) is 0 Å². The van der Waals surface area contributed by atoms with Crippen molar-refractivity contribution < 1.29 is 24.6 Å². The van der Waals surface area contributed by atoms with Crippen molar-refractivity contribution in [1.29, 1.82) is 0 Å². The third-order valence-corrected chi connectivity index (χ3v) is 1.60. The first-order valence-corrected chi connectivity index (χ1v) is 4.01. The first kappa shape index (κ1) is 13.2. The Hall–Kier alpha value is -1.81. The second kappa shape index (κ2) is 5.82. The number of alkyl halides is 1. The van der Waals surface area contributed by atoms with Crippen LogP contribution in [0.5, 0.6) is 0 Å². The Bertz CT molecular complexity index is 368. The number of nitrogens with zero attached hydrogens (tertiary/aromatic N) is 3. The Morgan fingerprint density at radius 1 is 1.73 bits per heavy atom. The molecule has 0 fully saturated rings. The molecule has 0 spiro atoms. The van der Waals surface area contributed by atoms with Gasteiger partial charge in [0.2, 0.25) is 11.5 Å². The zero-order valence-electron chi connectivity index (χ0n) is 7.18. The number of carbonyl (C=O) groups is 1. The Morgan fingerprint density at radius 3 is 2.80 bits per heavy atom. The van der Waals surface area contributed by atoms with Crippen LogP contribution < -0.4 is 5.73 Å². The number of oxime groups is 1. The van der Waals surface area contributed by atoms with Gasteiger partial charge in [0.05, 0.1) is 0 Å². The number of anilines is 1. The maximum atomic E-state index is 11.6. The standard InChI is InChI=1S/C5H5FN4O3S.H2O/c6-1-13-9-2(4(11)12)3-8-5(7)14-10-3;/h1H2,(H,11,12)(H2,7,8,10);1H2. The number of hydrogen-bond donors (Lipinski definition) is 2. The first-order valence-electron chi connectivity index (χ1n) is 3.24. The number of hydrogen-bond acceptors (Lipinski definition) is 7. The van der Waals surface area contributed by atoms with Crippen LogP contribution >= 0.6 is 11.5 Å². The lowest BCUT2D eigenvalue weighted by atomic mass is 10.4. The molecule has 1 aromatic rings. The van der Waals surface area contributed by atoms with Crippen molar-refractivity contribution >= 4 is 28.3 Å². The van der Waals surface area contributed by atoms with Crippen LogP contribution in [0.25, 0.3) is 0 Å². The molecule has 0 aliphatic rings. The van der Waals surface area contributed by atoms with E-state index in [0.717, 1.165) is 11.5 Å². The van der Waals surface area contributed by atoms with E-state index in [1.165, 1.54) is 0 Å². The third kappa shape index (κ3) is 3.44. The predicted octanol–water partition coefficient (Wildman–Crippen LogP) is -0.972. The minimum absolute atomic E-state index is 0. The summed E-state index contributed by atoms with van der Waals surface area (Å²) >= 11 is 0.807. The molecule has 0 saturated heterocycles. The van der Waals surface area contributed by atoms with Gasteiger partial charge in [-0.25, -0.2) is 9.18 Å². The van der Waals surface area contributed by atoms with Crippen LogP contribution in [-0.2, 0) is 9.63 Å². The van der Waals surface area contributed by atoms with Gasteiger partial charge in [0.25, 0.3) is 6.86 Å². The summed E-state index contributed by atoms with van der Waals surface area (Å²) in [6.45, 7) is -1.23. The second-order valence-electron chi connectivity index (χ2n) is 1.94. The number of aromatic nitrogens is 2. The number of carboxylic acids is 1. The lowest BCUT2D eigenvalue weighted by Gasteiger charge is -1.94. The molecule has 0 aliphatic carbocycles. The van der Waals surface area contributed by atoms with E-state index in [4.69, 9.17) is 10.8 Å². The van der Waals surface area contributed by atoms with Gasteiger partial charge in [-0.3, -0.25) is 0 Å². The highest BCUT2D eigenvalue weighted by atomic mass is 32.1. The molecule has 0 amide bonds. The van der Waals surface area contributed by atoms with Crippen LogP contribution in [0, 0.1) is 0 Å². The summed E-state index contributed by atoms with van der Waals surface area (Å²) in [5.41, 5.74) is 4.64. The molecule has 15 heavy (non-hydrogen) atoms. The highest BCUT2D eigenvalue weighted by Gasteiger charge is 2.18. The molecule has 1 aromatic heterocycles. The summed E-state index contributed by atoms with van der Waals surface area (Å²) in [6, 6.07) is 0. The van der Waals surface area contributed by atoms with Crippen LogP contribution in [0.3, 0.4) is 0 Å². The maximum absolute atomic E-state index is 11.6. The van der Waals surface area contributed by atoms with E-state index in [1.807, 2.05) is 0 Å². The van der Waals surface area contributed by atoms with Crippen molar-refractivity contribution in [3.05, 3.63) is 5.82 Å². The monoisotopic (exact) mass is 238 g/mol. The van der Waals surface area contributed by atoms with Crippen LogP contribution in [-0.4, -0.2) is 38.5 Å². The van der Waals surface area contributed by atoms with E-state index < -0.39 is 18.5 Å². The fraction of sp³-hybridized carbons (Fsp3) is 0.200. The molecule has 8 nitrogen and oxygen atoms in total. The summed E-state index contributed by atoms with van der Waals surface area (Å²) in [5, 5.41) is 11.7. The fourth-order valence-corrected chi connectivity index (χ4v) is 1.03. The molecule has 0 bridgehead atoms. The molecule has 0 saturated carbocycles. The van der Waals surface area contributed by atoms with Crippen LogP contribution in [0.2, 0.25) is 0 Å². The van der Waals surface area contributed by atoms with Crippen molar-refractivity contribution in [3.8, 4) is 0 Å². The van der Waals surface area contributed by atoms with Gasteiger partial charge in [-0.15, -0.1) is 0 Å². The number of nitrogen functional groups attached to an aromatic ring is 1. The predicted molar refractivity (Wildman–Crippen MR) is 49.2 cm³/mol. The van der Waals surface area contributed by atoms with Crippen LogP contribution in [0.15, 0.2) is 5.16 Å². The molecule has 1 rings (SSSR count). The van der Waals surface area contributed by atoms with Gasteiger partial charge in [0.15, 0.2) is 5.13 Å². The molecule has 0 atom stereocenters. The Kier molecular flexibility index (Phi) is 5.12. The molecule has 0 radical (unpaired) electrons. The lowest BCUT2D eigenvalue weighted by molar-refractivity contribution is -0.129. The molecule has 1 heterocycles. The molecule has 10 heteroatoms. The maximum Gasteiger partial charge on any atom is 0.362 e. The van der Waals surface area contributed by atoms with Crippen molar-refractivity contribution in [3.63, 3.8) is 0 Å². The number of nitrogens with two attached hydrogens (primary N) is 1. The number of aliphatic carboxylic acids is 1. The average molecular weight is 238 g/mol. The second-order valence-corrected chi connectivity index (χ2v) is 2.72. The lowest BCUT2D eigenvalue weighted by Crippen LogP contribution is -2.16. The Balaban J connectivity index is 0.00000196. The average Bonchev–Trinajstić information content (AvgIpc) is 2.52. The van der Waals surface area contributed by atoms with Gasteiger partial charge in [-0.1, -0.05) is 5.16 Å². The van der Waals surface area contributed by atoms with E-state index in [2.05, 4.69) is 19.4 Å². The zero-order chi connectivity index (χ0) is 10.6. The molecule has 0 aromatic carbocycles. The van der Waals surface area contributed by atoms with E-state index in [0.29, 0.717) is 0 Å². The zero-order valence-corrected chi connectivity index (χ0v) is 7.99. The molecular formula is C5H7FN4O4S. The smallest absolute Gasteiger partial charge is 0.362 e. The largest absolute Gasteiger partial charge is 0.476 e. The molecule has 84 valence electrons. The van der Waals surface area contributed by atoms with Crippen LogP contribution in [0.1, 0.15) is 5.82 Å². The highest BCUT2D eigenvalue weighted by molar-refractivity contribution is 7.09. The third-order valence-electron chi connectivity index (χ3n) is 1.06.